The first kappa shape index (κ1) is 16.5. The summed E-state index contributed by atoms with van der Waals surface area (Å²) in [6.45, 7) is 0.853. The lowest BCUT2D eigenvalue weighted by atomic mass is 10.0. The van der Waals surface area contributed by atoms with Crippen molar-refractivity contribution in [2.45, 2.75) is 12.6 Å². The SMILES string of the molecule is COc1ccc(C(CO)N(C)Cc2cccc3ccccc23)cc1. The number of benzene rings is 3. The molecule has 0 aliphatic heterocycles. The van der Waals surface area contributed by atoms with Gasteiger partial charge in [-0.3, -0.25) is 4.90 Å². The summed E-state index contributed by atoms with van der Waals surface area (Å²) < 4.78 is 5.21. The van der Waals surface area contributed by atoms with Crippen molar-refractivity contribution in [2.75, 3.05) is 20.8 Å². The number of aliphatic hydroxyl groups is 1. The Balaban J connectivity index is 1.84. The van der Waals surface area contributed by atoms with E-state index in [-0.39, 0.29) is 12.6 Å². The maximum absolute atomic E-state index is 9.89. The molecule has 1 N–H and O–H groups in total. The minimum atomic E-state index is -0.0464. The third kappa shape index (κ3) is 3.42. The fourth-order valence-corrected chi connectivity index (χ4v) is 3.13. The van der Waals surface area contributed by atoms with Crippen LogP contribution in [0.15, 0.2) is 66.7 Å². The average Bonchev–Trinajstić information content (AvgIpc) is 2.63. The lowest BCUT2D eigenvalue weighted by Gasteiger charge is -2.27. The molecule has 0 saturated heterocycles. The first-order valence-electron chi connectivity index (χ1n) is 8.14. The van der Waals surface area contributed by atoms with E-state index in [4.69, 9.17) is 4.74 Å². The van der Waals surface area contributed by atoms with Crippen LogP contribution < -0.4 is 4.74 Å². The minimum absolute atomic E-state index is 0.0464. The summed E-state index contributed by atoms with van der Waals surface area (Å²) in [5.74, 6) is 0.826. The van der Waals surface area contributed by atoms with Crippen LogP contribution in [0.5, 0.6) is 5.75 Å². The van der Waals surface area contributed by atoms with Crippen molar-refractivity contribution in [1.29, 1.82) is 0 Å². The third-order valence-electron chi connectivity index (χ3n) is 4.51. The summed E-state index contributed by atoms with van der Waals surface area (Å²) in [6.07, 6.45) is 0. The van der Waals surface area contributed by atoms with Gasteiger partial charge in [-0.25, -0.2) is 0 Å². The maximum Gasteiger partial charge on any atom is 0.118 e. The average molecular weight is 321 g/mol. The fraction of sp³-hybridized carbons (Fsp3) is 0.238. The van der Waals surface area contributed by atoms with E-state index in [0.29, 0.717) is 0 Å². The Labute approximate surface area is 143 Å². The molecule has 3 aromatic carbocycles. The van der Waals surface area contributed by atoms with Crippen molar-refractivity contribution in [3.63, 3.8) is 0 Å². The summed E-state index contributed by atoms with van der Waals surface area (Å²) in [6, 6.07) is 22.6. The van der Waals surface area contributed by atoms with Crippen LogP contribution in [0.2, 0.25) is 0 Å². The Morgan fingerprint density at radius 3 is 2.38 bits per heavy atom. The smallest absolute Gasteiger partial charge is 0.118 e. The van der Waals surface area contributed by atoms with Gasteiger partial charge >= 0.3 is 0 Å². The summed E-state index contributed by atoms with van der Waals surface area (Å²) in [5.41, 5.74) is 2.35. The van der Waals surface area contributed by atoms with Crippen molar-refractivity contribution < 1.29 is 9.84 Å². The second-order valence-electron chi connectivity index (χ2n) is 6.02. The number of nitrogens with zero attached hydrogens (tertiary/aromatic N) is 1. The Bertz CT molecular complexity index is 793. The second kappa shape index (κ2) is 7.47. The van der Waals surface area contributed by atoms with Gasteiger partial charge in [-0.1, -0.05) is 54.6 Å². The molecule has 124 valence electrons. The summed E-state index contributed by atoms with van der Waals surface area (Å²) in [4.78, 5) is 2.18. The Hall–Kier alpha value is -2.36. The zero-order valence-corrected chi connectivity index (χ0v) is 14.1. The molecule has 0 saturated carbocycles. The van der Waals surface area contributed by atoms with E-state index >= 15 is 0 Å². The third-order valence-corrected chi connectivity index (χ3v) is 4.51. The predicted octanol–water partition coefficient (Wildman–Crippen LogP) is 4.01. The van der Waals surface area contributed by atoms with E-state index in [0.717, 1.165) is 17.9 Å². The van der Waals surface area contributed by atoms with Crippen molar-refractivity contribution in [1.82, 2.24) is 4.90 Å². The van der Waals surface area contributed by atoms with E-state index < -0.39 is 0 Å². The van der Waals surface area contributed by atoms with Gasteiger partial charge in [0.15, 0.2) is 0 Å². The number of ether oxygens (including phenoxy) is 1. The highest BCUT2D eigenvalue weighted by molar-refractivity contribution is 5.85. The Morgan fingerprint density at radius 2 is 1.67 bits per heavy atom. The van der Waals surface area contributed by atoms with Gasteiger partial charge in [-0.15, -0.1) is 0 Å². The normalized spacial score (nSPS) is 12.5. The summed E-state index contributed by atoms with van der Waals surface area (Å²) in [5, 5.41) is 12.4. The molecule has 3 rings (SSSR count). The van der Waals surface area contributed by atoms with Gasteiger partial charge in [-0.05, 0) is 41.1 Å². The number of hydrogen-bond acceptors (Lipinski definition) is 3. The van der Waals surface area contributed by atoms with Crippen molar-refractivity contribution in [3.8, 4) is 5.75 Å². The standard InChI is InChI=1S/C21H23NO2/c1-22(21(15-23)17-10-12-19(24-2)13-11-17)14-18-8-5-7-16-6-3-4-9-20(16)18/h3-13,21,23H,14-15H2,1-2H3. The van der Waals surface area contributed by atoms with Gasteiger partial charge in [0.2, 0.25) is 0 Å². The molecule has 1 atom stereocenters. The molecule has 0 heterocycles. The molecule has 0 bridgehead atoms. The van der Waals surface area contributed by atoms with Crippen LogP contribution in [0.25, 0.3) is 10.8 Å². The number of methoxy groups -OCH3 is 1. The van der Waals surface area contributed by atoms with Crippen LogP contribution in [-0.4, -0.2) is 30.8 Å². The second-order valence-corrected chi connectivity index (χ2v) is 6.02. The van der Waals surface area contributed by atoms with Gasteiger partial charge in [-0.2, -0.15) is 0 Å². The molecule has 1 unspecified atom stereocenters. The van der Waals surface area contributed by atoms with Gasteiger partial charge in [0, 0.05) is 6.54 Å². The first-order valence-corrected chi connectivity index (χ1v) is 8.14. The first-order chi connectivity index (χ1) is 11.7. The van der Waals surface area contributed by atoms with Gasteiger partial charge in [0.25, 0.3) is 0 Å². The maximum atomic E-state index is 9.89. The highest BCUT2D eigenvalue weighted by atomic mass is 16.5. The molecule has 24 heavy (non-hydrogen) atoms. The predicted molar refractivity (Wildman–Crippen MR) is 98.2 cm³/mol. The van der Waals surface area contributed by atoms with E-state index in [1.165, 1.54) is 16.3 Å². The largest absolute Gasteiger partial charge is 0.497 e. The molecular weight excluding hydrogens is 298 g/mol. The molecule has 0 fully saturated rings. The topological polar surface area (TPSA) is 32.7 Å². The minimum Gasteiger partial charge on any atom is -0.497 e. The molecule has 0 spiro atoms. The van der Waals surface area contributed by atoms with Crippen LogP contribution >= 0.6 is 0 Å². The van der Waals surface area contributed by atoms with Crippen molar-refractivity contribution >= 4 is 10.8 Å². The highest BCUT2D eigenvalue weighted by Crippen LogP contribution is 2.26. The summed E-state index contributed by atoms with van der Waals surface area (Å²) in [7, 11) is 3.71. The highest BCUT2D eigenvalue weighted by Gasteiger charge is 2.17. The van der Waals surface area contributed by atoms with Crippen LogP contribution in [0.1, 0.15) is 17.2 Å². The molecule has 3 nitrogen and oxygen atoms in total. The van der Waals surface area contributed by atoms with Crippen LogP contribution in [-0.2, 0) is 6.54 Å². The molecule has 0 amide bonds. The number of hydrogen-bond donors (Lipinski definition) is 1. The molecule has 0 aromatic heterocycles. The number of fused-ring (bicyclic) bond motifs is 1. The van der Waals surface area contributed by atoms with Gasteiger partial charge < -0.3 is 9.84 Å². The van der Waals surface area contributed by atoms with Crippen LogP contribution in [0.3, 0.4) is 0 Å². The molecular formula is C21H23NO2. The zero-order chi connectivity index (χ0) is 16.9. The Morgan fingerprint density at radius 1 is 0.958 bits per heavy atom. The monoisotopic (exact) mass is 321 g/mol. The van der Waals surface area contributed by atoms with E-state index in [2.05, 4.69) is 47.4 Å². The zero-order valence-electron chi connectivity index (χ0n) is 14.1. The summed E-state index contributed by atoms with van der Waals surface area (Å²) >= 11 is 0. The molecule has 3 aromatic rings. The Kier molecular flexibility index (Phi) is 5.14. The number of aliphatic hydroxyl groups excluding tert-OH is 1. The lowest BCUT2D eigenvalue weighted by Crippen LogP contribution is -2.27. The molecule has 3 heteroatoms. The van der Waals surface area contributed by atoms with E-state index in [1.807, 2.05) is 31.3 Å². The van der Waals surface area contributed by atoms with Crippen LogP contribution in [0.4, 0.5) is 0 Å². The van der Waals surface area contributed by atoms with E-state index in [1.54, 1.807) is 7.11 Å². The molecule has 0 aliphatic carbocycles. The van der Waals surface area contributed by atoms with Crippen LogP contribution in [0, 0.1) is 0 Å². The van der Waals surface area contributed by atoms with Gasteiger partial charge in [0.05, 0.1) is 19.8 Å². The van der Waals surface area contributed by atoms with Gasteiger partial charge in [0.1, 0.15) is 5.75 Å². The molecule has 0 radical (unpaired) electrons. The van der Waals surface area contributed by atoms with Crippen molar-refractivity contribution in [2.24, 2.45) is 0 Å². The quantitative estimate of drug-likeness (QED) is 0.744. The number of rotatable bonds is 6. The lowest BCUT2D eigenvalue weighted by molar-refractivity contribution is 0.143. The molecule has 0 aliphatic rings. The fourth-order valence-electron chi connectivity index (χ4n) is 3.13. The van der Waals surface area contributed by atoms with Crippen molar-refractivity contribution in [3.05, 3.63) is 77.9 Å². The van der Waals surface area contributed by atoms with E-state index in [9.17, 15) is 5.11 Å². The number of likely N-dealkylation sites (N-methyl/N-ethyl adjacent to an activating group) is 1.